The minimum atomic E-state index is 0. The van der Waals surface area contributed by atoms with Crippen molar-refractivity contribution in [3.63, 3.8) is 0 Å². The van der Waals surface area contributed by atoms with Crippen molar-refractivity contribution in [1.82, 2.24) is 0 Å². The Kier molecular flexibility index (Phi) is 19.6. The lowest BCUT2D eigenvalue weighted by molar-refractivity contribution is 0.362. The smallest absolute Gasteiger partial charge is 0.286 e. The number of methoxy groups -OCH3 is 2. The van der Waals surface area contributed by atoms with Crippen LogP contribution in [0.5, 0.6) is 0 Å². The van der Waals surface area contributed by atoms with Crippen molar-refractivity contribution in [2.75, 3.05) is 14.2 Å². The molecule has 0 N–H and O–H groups in total. The van der Waals surface area contributed by atoms with Crippen molar-refractivity contribution in [2.24, 2.45) is 0 Å². The molecule has 202 valence electrons. The molecule has 5 aromatic rings. The zero-order chi connectivity index (χ0) is 27.8. The predicted molar refractivity (Wildman–Crippen MR) is 165 cm³/mol. The van der Waals surface area contributed by atoms with Crippen LogP contribution in [0.25, 0.3) is 21.5 Å². The molecule has 0 unspecified atom stereocenters. The van der Waals surface area contributed by atoms with E-state index in [2.05, 4.69) is 145 Å². The van der Waals surface area contributed by atoms with Gasteiger partial charge >= 0.3 is 0 Å². The van der Waals surface area contributed by atoms with Gasteiger partial charge in [0, 0.05) is 0 Å². The summed E-state index contributed by atoms with van der Waals surface area (Å²) in [6, 6.07) is 42.3. The molecule has 5 aromatic carbocycles. The number of nitrogens with zero attached hydrogens (tertiary/aromatic N) is 2. The molecule has 5 rings (SSSR count). The quantitative estimate of drug-likeness (QED) is 0.217. The molecular weight excluding hydrogens is 480 g/mol. The summed E-state index contributed by atoms with van der Waals surface area (Å²) in [4.78, 5) is 0. The number of hydrogen-bond acceptors (Lipinski definition) is 4. The summed E-state index contributed by atoms with van der Waals surface area (Å²) in [6.45, 7) is 4.36. The second-order valence-corrected chi connectivity index (χ2v) is 7.81. The lowest BCUT2D eigenvalue weighted by atomic mass is 10.1. The zero-order valence-corrected chi connectivity index (χ0v) is 22.7. The fourth-order valence-corrected chi connectivity index (χ4v) is 3.28. The zero-order valence-electron chi connectivity index (χ0n) is 22.7. The minimum absolute atomic E-state index is 0. The maximum Gasteiger partial charge on any atom is 0.286 e. The van der Waals surface area contributed by atoms with Gasteiger partial charge in [0.15, 0.2) is 0 Å². The van der Waals surface area contributed by atoms with Crippen LogP contribution in [-0.2, 0) is 22.3 Å². The normalized spacial score (nSPS) is 8.46. The highest BCUT2D eigenvalue weighted by Gasteiger charge is 1.88. The molecule has 0 aliphatic heterocycles. The summed E-state index contributed by atoms with van der Waals surface area (Å²) in [6.07, 6.45) is 5.15. The van der Waals surface area contributed by atoms with Crippen LogP contribution < -0.4 is 0 Å². The Morgan fingerprint density at radius 3 is 0.769 bits per heavy atom. The second-order valence-electron chi connectivity index (χ2n) is 7.81. The number of aryl methyl sites for hydroxylation is 2. The molecule has 4 nitrogen and oxygen atoms in total. The molecule has 0 aromatic heterocycles. The van der Waals surface area contributed by atoms with E-state index in [1.54, 1.807) is 0 Å². The third kappa shape index (κ3) is 14.5. The van der Waals surface area contributed by atoms with Gasteiger partial charge in [0.05, 0.1) is 14.2 Å². The van der Waals surface area contributed by atoms with Crippen LogP contribution in [0.4, 0.5) is 0 Å². The first-order chi connectivity index (χ1) is 18.6. The van der Waals surface area contributed by atoms with E-state index in [9.17, 15) is 0 Å². The molecule has 0 bridgehead atoms. The van der Waals surface area contributed by atoms with E-state index in [-0.39, 0.29) is 7.43 Å². The maximum absolute atomic E-state index is 7.40. The first kappa shape index (κ1) is 34.2. The van der Waals surface area contributed by atoms with Crippen molar-refractivity contribution in [2.45, 2.75) is 34.1 Å². The fourth-order valence-electron chi connectivity index (χ4n) is 3.28. The average molecular weight is 521 g/mol. The van der Waals surface area contributed by atoms with Crippen molar-refractivity contribution in [1.29, 1.82) is 10.5 Å². The standard InChI is InChI=1S/2C10H8.C10H14.2C2H3NO.CH4/c2*1-2-6-10-8-4-3-7-9(10)5-1;1-3-9-5-7-10(4-2)8-6-9;2*1-4-2-3;/h2*1-8H;5-8H,3-4H2,1-2H3;2*1H3;1H4. The second kappa shape index (κ2) is 22.4. The monoisotopic (exact) mass is 520 g/mol. The first-order valence-electron chi connectivity index (χ1n) is 12.4. The van der Waals surface area contributed by atoms with Gasteiger partial charge in [-0.25, -0.2) is 0 Å². The highest BCUT2D eigenvalue weighted by atomic mass is 16.5. The summed E-state index contributed by atoms with van der Waals surface area (Å²) in [5, 5.41) is 20.0. The van der Waals surface area contributed by atoms with Crippen LogP contribution in [0.2, 0.25) is 0 Å². The maximum atomic E-state index is 7.40. The molecule has 0 fully saturated rings. The van der Waals surface area contributed by atoms with Crippen LogP contribution in [0, 0.1) is 23.0 Å². The molecule has 0 saturated carbocycles. The largest absolute Gasteiger partial charge is 0.431 e. The molecular formula is C35H40N2O2. The lowest BCUT2D eigenvalue weighted by Crippen LogP contribution is -1.81. The average Bonchev–Trinajstić information content (AvgIpc) is 3.02. The van der Waals surface area contributed by atoms with Crippen LogP contribution in [0.15, 0.2) is 121 Å². The van der Waals surface area contributed by atoms with Gasteiger partial charge in [-0.2, -0.15) is 10.5 Å². The summed E-state index contributed by atoms with van der Waals surface area (Å²) >= 11 is 0. The van der Waals surface area contributed by atoms with Crippen molar-refractivity contribution < 1.29 is 9.47 Å². The minimum Gasteiger partial charge on any atom is -0.431 e. The highest BCUT2D eigenvalue weighted by Crippen LogP contribution is 2.12. The SMILES string of the molecule is C.CCc1ccc(CC)cc1.COC#N.COC#N.c1ccc2ccccc2c1.c1ccc2ccccc2c1. The Balaban J connectivity index is 0.000000484. The molecule has 4 heteroatoms. The highest BCUT2D eigenvalue weighted by molar-refractivity contribution is 5.82. The Bertz CT molecular complexity index is 1140. The van der Waals surface area contributed by atoms with Gasteiger partial charge in [0.25, 0.3) is 12.5 Å². The van der Waals surface area contributed by atoms with Crippen molar-refractivity contribution >= 4 is 21.5 Å². The van der Waals surface area contributed by atoms with E-state index in [1.807, 2.05) is 0 Å². The molecule has 39 heavy (non-hydrogen) atoms. The fraction of sp³-hybridized carbons (Fsp3) is 0.200. The molecule has 0 radical (unpaired) electrons. The number of benzene rings is 5. The van der Waals surface area contributed by atoms with Gasteiger partial charge < -0.3 is 9.47 Å². The number of nitriles is 2. The Morgan fingerprint density at radius 1 is 0.462 bits per heavy atom. The topological polar surface area (TPSA) is 66.0 Å². The summed E-state index contributed by atoms with van der Waals surface area (Å²) in [5.74, 6) is 0. The van der Waals surface area contributed by atoms with Gasteiger partial charge in [0.1, 0.15) is 0 Å². The van der Waals surface area contributed by atoms with Gasteiger partial charge in [0.2, 0.25) is 0 Å². The van der Waals surface area contributed by atoms with E-state index in [0.717, 1.165) is 12.8 Å². The third-order valence-electron chi connectivity index (χ3n) is 5.34. The van der Waals surface area contributed by atoms with Gasteiger partial charge in [-0.3, -0.25) is 0 Å². The number of rotatable bonds is 2. The Labute approximate surface area is 234 Å². The lowest BCUT2D eigenvalue weighted by Gasteiger charge is -1.97. The van der Waals surface area contributed by atoms with Crippen LogP contribution in [0.3, 0.4) is 0 Å². The predicted octanol–water partition coefficient (Wildman–Crippen LogP) is 9.35. The molecule has 0 aliphatic rings. The third-order valence-corrected chi connectivity index (χ3v) is 5.34. The van der Waals surface area contributed by atoms with E-state index >= 15 is 0 Å². The van der Waals surface area contributed by atoms with Gasteiger partial charge in [-0.15, -0.1) is 0 Å². The van der Waals surface area contributed by atoms with Gasteiger partial charge in [-0.05, 0) is 45.5 Å². The Hall–Kier alpha value is -4.80. The molecule has 0 spiro atoms. The van der Waals surface area contributed by atoms with E-state index in [4.69, 9.17) is 10.5 Å². The molecule has 0 amide bonds. The first-order valence-corrected chi connectivity index (χ1v) is 12.4. The molecule has 0 heterocycles. The number of fused-ring (bicyclic) bond motifs is 2. The number of hydrogen-bond donors (Lipinski definition) is 0. The van der Waals surface area contributed by atoms with Crippen molar-refractivity contribution in [3.05, 3.63) is 132 Å². The van der Waals surface area contributed by atoms with Crippen LogP contribution in [-0.4, -0.2) is 14.2 Å². The van der Waals surface area contributed by atoms with Gasteiger partial charge in [-0.1, -0.05) is 143 Å². The summed E-state index contributed by atoms with van der Waals surface area (Å²) < 4.78 is 7.69. The van der Waals surface area contributed by atoms with Crippen molar-refractivity contribution in [3.8, 4) is 12.5 Å². The molecule has 0 aliphatic carbocycles. The van der Waals surface area contributed by atoms with E-state index in [0.29, 0.717) is 0 Å². The van der Waals surface area contributed by atoms with Crippen LogP contribution >= 0.6 is 0 Å². The van der Waals surface area contributed by atoms with E-state index < -0.39 is 0 Å². The van der Waals surface area contributed by atoms with E-state index in [1.165, 1.54) is 59.4 Å². The number of ether oxygens (including phenoxy) is 2. The van der Waals surface area contributed by atoms with Crippen LogP contribution in [0.1, 0.15) is 32.4 Å². The Morgan fingerprint density at radius 2 is 0.641 bits per heavy atom. The molecule has 0 atom stereocenters. The summed E-state index contributed by atoms with van der Waals surface area (Å²) in [7, 11) is 2.64. The summed E-state index contributed by atoms with van der Waals surface area (Å²) in [5.41, 5.74) is 2.86. The molecule has 0 saturated heterocycles.